The lowest BCUT2D eigenvalue weighted by atomic mass is 10.2. The molecule has 1 rings (SSSR count). The van der Waals surface area contributed by atoms with Gasteiger partial charge < -0.3 is 20.5 Å². The molecule has 0 unspecified atom stereocenters. The van der Waals surface area contributed by atoms with Gasteiger partial charge in [-0.05, 0) is 24.1 Å². The van der Waals surface area contributed by atoms with Crippen molar-refractivity contribution >= 4 is 17.7 Å². The van der Waals surface area contributed by atoms with E-state index >= 15 is 0 Å². The molecule has 0 heterocycles. The van der Waals surface area contributed by atoms with E-state index in [1.807, 2.05) is 13.8 Å². The third-order valence-electron chi connectivity index (χ3n) is 2.44. The van der Waals surface area contributed by atoms with E-state index in [2.05, 4.69) is 10.6 Å². The van der Waals surface area contributed by atoms with Crippen LogP contribution in [0.25, 0.3) is 0 Å². The van der Waals surface area contributed by atoms with E-state index in [1.54, 1.807) is 0 Å². The number of hydrogen-bond acceptors (Lipinski definition) is 3. The van der Waals surface area contributed by atoms with Crippen LogP contribution in [0.15, 0.2) is 18.2 Å². The number of carboxylic acids is 1. The van der Waals surface area contributed by atoms with Crippen LogP contribution in [-0.4, -0.2) is 36.9 Å². The SMILES string of the molecule is CC(C)COCCNC(=O)Nc1ccc(F)cc1C(=O)O. The molecule has 7 heteroatoms. The van der Waals surface area contributed by atoms with Gasteiger partial charge in [-0.1, -0.05) is 13.8 Å². The largest absolute Gasteiger partial charge is 0.478 e. The van der Waals surface area contributed by atoms with Gasteiger partial charge in [-0.15, -0.1) is 0 Å². The molecule has 21 heavy (non-hydrogen) atoms. The molecule has 0 radical (unpaired) electrons. The lowest BCUT2D eigenvalue weighted by Crippen LogP contribution is -2.32. The number of hydrogen-bond donors (Lipinski definition) is 3. The molecule has 1 aromatic carbocycles. The van der Waals surface area contributed by atoms with Gasteiger partial charge in [-0.2, -0.15) is 0 Å². The second-order valence-electron chi connectivity index (χ2n) is 4.84. The van der Waals surface area contributed by atoms with Crippen molar-refractivity contribution in [3.05, 3.63) is 29.6 Å². The molecule has 1 aromatic rings. The molecule has 6 nitrogen and oxygen atoms in total. The van der Waals surface area contributed by atoms with E-state index in [-0.39, 0.29) is 11.3 Å². The number of anilines is 1. The fraction of sp³-hybridized carbons (Fsp3) is 0.429. The Hall–Kier alpha value is -2.15. The summed E-state index contributed by atoms with van der Waals surface area (Å²) in [5.74, 6) is -1.58. The number of carbonyl (C=O) groups excluding carboxylic acids is 1. The number of carbonyl (C=O) groups is 2. The van der Waals surface area contributed by atoms with Crippen LogP contribution in [-0.2, 0) is 4.74 Å². The van der Waals surface area contributed by atoms with E-state index < -0.39 is 17.8 Å². The van der Waals surface area contributed by atoms with Crippen LogP contribution in [0.4, 0.5) is 14.9 Å². The summed E-state index contributed by atoms with van der Waals surface area (Å²) in [5.41, 5.74) is -0.272. The van der Waals surface area contributed by atoms with Crippen LogP contribution in [0.2, 0.25) is 0 Å². The number of carboxylic acid groups (broad SMARTS) is 1. The molecule has 0 aliphatic heterocycles. The van der Waals surface area contributed by atoms with Crippen molar-refractivity contribution in [1.82, 2.24) is 5.32 Å². The monoisotopic (exact) mass is 298 g/mol. The van der Waals surface area contributed by atoms with E-state index in [4.69, 9.17) is 9.84 Å². The Bertz CT molecular complexity index is 506. The highest BCUT2D eigenvalue weighted by Crippen LogP contribution is 2.16. The van der Waals surface area contributed by atoms with Crippen LogP contribution < -0.4 is 10.6 Å². The highest BCUT2D eigenvalue weighted by molar-refractivity contribution is 5.99. The van der Waals surface area contributed by atoms with Gasteiger partial charge in [-0.3, -0.25) is 0 Å². The smallest absolute Gasteiger partial charge is 0.337 e. The number of aromatic carboxylic acids is 1. The molecule has 3 N–H and O–H groups in total. The van der Waals surface area contributed by atoms with Gasteiger partial charge in [0.05, 0.1) is 17.9 Å². The maximum absolute atomic E-state index is 13.0. The number of urea groups is 1. The highest BCUT2D eigenvalue weighted by atomic mass is 19.1. The zero-order valence-electron chi connectivity index (χ0n) is 12.0. The molecule has 116 valence electrons. The molecular formula is C14H19FN2O4. The van der Waals surface area contributed by atoms with Crippen LogP contribution in [0.3, 0.4) is 0 Å². The Morgan fingerprint density at radius 2 is 2.10 bits per heavy atom. The predicted molar refractivity (Wildman–Crippen MR) is 76.0 cm³/mol. The Labute approximate surface area is 122 Å². The maximum Gasteiger partial charge on any atom is 0.337 e. The number of nitrogens with one attached hydrogen (secondary N) is 2. The number of rotatable bonds is 7. The molecule has 0 aliphatic carbocycles. The lowest BCUT2D eigenvalue weighted by Gasteiger charge is -2.11. The summed E-state index contributed by atoms with van der Waals surface area (Å²) in [5, 5.41) is 13.8. The fourth-order valence-corrected chi connectivity index (χ4v) is 1.52. The van der Waals surface area contributed by atoms with E-state index in [0.29, 0.717) is 25.7 Å². The summed E-state index contributed by atoms with van der Waals surface area (Å²) in [6, 6.07) is 2.56. The molecule has 0 saturated heterocycles. The molecule has 0 bridgehead atoms. The average Bonchev–Trinajstić information content (AvgIpc) is 2.39. The number of amides is 2. The summed E-state index contributed by atoms with van der Waals surface area (Å²) in [7, 11) is 0. The summed E-state index contributed by atoms with van der Waals surface area (Å²) in [6.07, 6.45) is 0. The van der Waals surface area contributed by atoms with E-state index in [9.17, 15) is 14.0 Å². The van der Waals surface area contributed by atoms with Crippen molar-refractivity contribution < 1.29 is 23.8 Å². The summed E-state index contributed by atoms with van der Waals surface area (Å²) in [4.78, 5) is 22.6. The molecule has 0 spiro atoms. The molecule has 0 fully saturated rings. The zero-order valence-corrected chi connectivity index (χ0v) is 12.0. The fourth-order valence-electron chi connectivity index (χ4n) is 1.52. The van der Waals surface area contributed by atoms with Crippen LogP contribution in [0.5, 0.6) is 0 Å². The molecule has 2 amide bonds. The predicted octanol–water partition coefficient (Wildman–Crippen LogP) is 2.32. The highest BCUT2D eigenvalue weighted by Gasteiger charge is 2.13. The van der Waals surface area contributed by atoms with Gasteiger partial charge in [0.25, 0.3) is 0 Å². The summed E-state index contributed by atoms with van der Waals surface area (Å²) in [6.45, 7) is 5.29. The van der Waals surface area contributed by atoms with Gasteiger partial charge >= 0.3 is 12.0 Å². The summed E-state index contributed by atoms with van der Waals surface area (Å²) < 4.78 is 18.3. The average molecular weight is 298 g/mol. The first-order chi connectivity index (χ1) is 9.90. The van der Waals surface area contributed by atoms with E-state index in [1.165, 1.54) is 6.07 Å². The number of benzene rings is 1. The normalized spacial score (nSPS) is 10.5. The van der Waals surface area contributed by atoms with Gasteiger partial charge in [0, 0.05) is 13.2 Å². The van der Waals surface area contributed by atoms with Crippen molar-refractivity contribution in [1.29, 1.82) is 0 Å². The van der Waals surface area contributed by atoms with Gasteiger partial charge in [0.2, 0.25) is 0 Å². The topological polar surface area (TPSA) is 87.7 Å². The van der Waals surface area contributed by atoms with Crippen molar-refractivity contribution in [2.45, 2.75) is 13.8 Å². The van der Waals surface area contributed by atoms with Crippen LogP contribution in [0.1, 0.15) is 24.2 Å². The van der Waals surface area contributed by atoms with Crippen LogP contribution in [0, 0.1) is 11.7 Å². The first-order valence-corrected chi connectivity index (χ1v) is 6.55. The number of halogens is 1. The van der Waals surface area contributed by atoms with Crippen molar-refractivity contribution in [2.75, 3.05) is 25.1 Å². The molecule has 0 aliphatic rings. The minimum atomic E-state index is -1.31. The summed E-state index contributed by atoms with van der Waals surface area (Å²) >= 11 is 0. The molecule has 0 saturated carbocycles. The minimum Gasteiger partial charge on any atom is -0.478 e. The lowest BCUT2D eigenvalue weighted by molar-refractivity contribution is 0.0697. The standard InChI is InChI=1S/C14H19FN2O4/c1-9(2)8-21-6-5-16-14(20)17-12-4-3-10(15)7-11(12)13(18)19/h3-4,7,9H,5-6,8H2,1-2H3,(H,18,19)(H2,16,17,20). The van der Waals surface area contributed by atoms with Crippen molar-refractivity contribution in [3.8, 4) is 0 Å². The Morgan fingerprint density at radius 1 is 1.38 bits per heavy atom. The maximum atomic E-state index is 13.0. The van der Waals surface area contributed by atoms with Crippen molar-refractivity contribution in [3.63, 3.8) is 0 Å². The third-order valence-corrected chi connectivity index (χ3v) is 2.44. The molecule has 0 atom stereocenters. The minimum absolute atomic E-state index is 0.0319. The zero-order chi connectivity index (χ0) is 15.8. The molecular weight excluding hydrogens is 279 g/mol. The van der Waals surface area contributed by atoms with Crippen LogP contribution >= 0.6 is 0 Å². The second kappa shape index (κ2) is 8.21. The first kappa shape index (κ1) is 16.9. The first-order valence-electron chi connectivity index (χ1n) is 6.55. The van der Waals surface area contributed by atoms with Gasteiger partial charge in [0.1, 0.15) is 5.82 Å². The Kier molecular flexibility index (Phi) is 6.61. The third kappa shape index (κ3) is 6.22. The number of ether oxygens (including phenoxy) is 1. The quantitative estimate of drug-likeness (QED) is 0.674. The second-order valence-corrected chi connectivity index (χ2v) is 4.84. The molecule has 0 aromatic heterocycles. The van der Waals surface area contributed by atoms with Crippen molar-refractivity contribution in [2.24, 2.45) is 5.92 Å². The Balaban J connectivity index is 2.46. The van der Waals surface area contributed by atoms with E-state index in [0.717, 1.165) is 12.1 Å². The van der Waals surface area contributed by atoms with Gasteiger partial charge in [0.15, 0.2) is 0 Å². The van der Waals surface area contributed by atoms with Gasteiger partial charge in [-0.25, -0.2) is 14.0 Å². The Morgan fingerprint density at radius 3 is 2.71 bits per heavy atom.